The molecule has 11 heteroatoms. The number of nitrogens with one attached hydrogen (secondary N) is 1. The number of carbonyl (C=O) groups excluding carboxylic acids is 1. The number of benzene rings is 3. The van der Waals surface area contributed by atoms with Gasteiger partial charge >= 0.3 is 0 Å². The van der Waals surface area contributed by atoms with Gasteiger partial charge in [0.05, 0.1) is 29.8 Å². The summed E-state index contributed by atoms with van der Waals surface area (Å²) in [7, 11) is -1.52. The largest absolute Gasteiger partial charge is 0.493 e. The van der Waals surface area contributed by atoms with Crippen LogP contribution in [0.2, 0.25) is 10.0 Å². The van der Waals surface area contributed by atoms with Crippen LogP contribution < -0.4 is 19.1 Å². The van der Waals surface area contributed by atoms with Crippen molar-refractivity contribution < 1.29 is 27.1 Å². The Kier molecular flexibility index (Phi) is 7.68. The van der Waals surface area contributed by atoms with Gasteiger partial charge in [0.2, 0.25) is 5.91 Å². The van der Waals surface area contributed by atoms with E-state index < -0.39 is 28.3 Å². The Morgan fingerprint density at radius 2 is 1.64 bits per heavy atom. The first-order chi connectivity index (χ1) is 15.6. The second kappa shape index (κ2) is 10.3. The highest BCUT2D eigenvalue weighted by molar-refractivity contribution is 7.92. The van der Waals surface area contributed by atoms with Crippen LogP contribution in [0.15, 0.2) is 65.6 Å². The molecule has 0 saturated heterocycles. The fraction of sp³-hybridized carbons (Fsp3) is 0.136. The first kappa shape index (κ1) is 24.6. The van der Waals surface area contributed by atoms with Crippen molar-refractivity contribution in [3.63, 3.8) is 0 Å². The highest BCUT2D eigenvalue weighted by Gasteiger charge is 2.29. The molecule has 0 radical (unpaired) electrons. The van der Waals surface area contributed by atoms with Gasteiger partial charge in [-0.15, -0.1) is 0 Å². The van der Waals surface area contributed by atoms with Gasteiger partial charge in [0.25, 0.3) is 10.0 Å². The molecule has 0 aromatic heterocycles. The third kappa shape index (κ3) is 5.68. The highest BCUT2D eigenvalue weighted by Crippen LogP contribution is 2.33. The Hall–Kier alpha value is -3.01. The minimum atomic E-state index is -4.30. The van der Waals surface area contributed by atoms with Crippen molar-refractivity contribution >= 4 is 50.5 Å². The Balaban J connectivity index is 2.01. The lowest BCUT2D eigenvalue weighted by molar-refractivity contribution is -0.114. The molecule has 174 valence electrons. The lowest BCUT2D eigenvalue weighted by Gasteiger charge is -2.25. The SMILES string of the molecule is COc1ccc(S(=O)(=O)N(CC(=O)Nc2ccc(Cl)cc2)c2ccc(F)c(Cl)c2)cc1OC. The quantitative estimate of drug-likeness (QED) is 0.459. The van der Waals surface area contributed by atoms with E-state index in [9.17, 15) is 17.6 Å². The van der Waals surface area contributed by atoms with Gasteiger partial charge in [-0.05, 0) is 54.6 Å². The van der Waals surface area contributed by atoms with E-state index in [1.165, 1.54) is 38.5 Å². The molecule has 0 aliphatic rings. The van der Waals surface area contributed by atoms with E-state index in [0.717, 1.165) is 16.4 Å². The van der Waals surface area contributed by atoms with Crippen molar-refractivity contribution in [3.05, 3.63) is 76.5 Å². The molecule has 0 aliphatic heterocycles. The summed E-state index contributed by atoms with van der Waals surface area (Å²) in [4.78, 5) is 12.6. The average molecular weight is 513 g/mol. The molecule has 33 heavy (non-hydrogen) atoms. The van der Waals surface area contributed by atoms with Gasteiger partial charge < -0.3 is 14.8 Å². The second-order valence-corrected chi connectivity index (χ2v) is 9.39. The molecule has 0 spiro atoms. The monoisotopic (exact) mass is 512 g/mol. The van der Waals surface area contributed by atoms with Crippen LogP contribution in [0.4, 0.5) is 15.8 Å². The molecule has 7 nitrogen and oxygen atoms in total. The first-order valence-corrected chi connectivity index (χ1v) is 11.6. The van der Waals surface area contributed by atoms with E-state index in [-0.39, 0.29) is 21.4 Å². The lowest BCUT2D eigenvalue weighted by Crippen LogP contribution is -2.38. The fourth-order valence-electron chi connectivity index (χ4n) is 2.92. The summed E-state index contributed by atoms with van der Waals surface area (Å²) in [6.07, 6.45) is 0. The van der Waals surface area contributed by atoms with Gasteiger partial charge in [-0.1, -0.05) is 23.2 Å². The molecule has 3 aromatic carbocycles. The summed E-state index contributed by atoms with van der Waals surface area (Å²) in [6.45, 7) is -0.610. The predicted octanol–water partition coefficient (Wildman–Crippen LogP) is 4.98. The summed E-state index contributed by atoms with van der Waals surface area (Å²) in [5, 5.41) is 2.79. The number of methoxy groups -OCH3 is 2. The highest BCUT2D eigenvalue weighted by atomic mass is 35.5. The van der Waals surface area contributed by atoms with Gasteiger partial charge in [0, 0.05) is 16.8 Å². The zero-order valence-electron chi connectivity index (χ0n) is 17.5. The summed E-state index contributed by atoms with van der Waals surface area (Å²) in [5.41, 5.74) is 0.424. The molecular weight excluding hydrogens is 494 g/mol. The van der Waals surface area contributed by atoms with Gasteiger partial charge in [-0.2, -0.15) is 0 Å². The van der Waals surface area contributed by atoms with Crippen LogP contribution in [0.3, 0.4) is 0 Å². The summed E-state index contributed by atoms with van der Waals surface area (Å²) in [5.74, 6) is -0.856. The molecule has 1 amide bonds. The van der Waals surface area contributed by atoms with Crippen LogP contribution in [-0.2, 0) is 14.8 Å². The van der Waals surface area contributed by atoms with E-state index in [4.69, 9.17) is 32.7 Å². The standard InChI is InChI=1S/C22H19Cl2FN2O5S/c1-31-20-10-8-17(12-21(20)32-2)33(29,30)27(16-7-9-19(25)18(24)11-16)13-22(28)26-15-5-3-14(23)4-6-15/h3-12H,13H2,1-2H3,(H,26,28). The Bertz CT molecular complexity index is 1270. The van der Waals surface area contributed by atoms with Crippen LogP contribution in [0.1, 0.15) is 0 Å². The van der Waals surface area contributed by atoms with E-state index in [1.807, 2.05) is 0 Å². The van der Waals surface area contributed by atoms with Crippen molar-refractivity contribution in [1.29, 1.82) is 0 Å². The number of anilines is 2. The van der Waals surface area contributed by atoms with Crippen molar-refractivity contribution in [1.82, 2.24) is 0 Å². The topological polar surface area (TPSA) is 84.9 Å². The number of nitrogens with zero attached hydrogens (tertiary/aromatic N) is 1. The van der Waals surface area contributed by atoms with Crippen LogP contribution >= 0.6 is 23.2 Å². The number of ether oxygens (including phenoxy) is 2. The third-order valence-electron chi connectivity index (χ3n) is 4.55. The maximum atomic E-state index is 13.7. The summed E-state index contributed by atoms with van der Waals surface area (Å²) >= 11 is 11.7. The second-order valence-electron chi connectivity index (χ2n) is 6.68. The number of halogens is 3. The van der Waals surface area contributed by atoms with Crippen LogP contribution in [0.5, 0.6) is 11.5 Å². The molecule has 1 N–H and O–H groups in total. The minimum absolute atomic E-state index is 0.00226. The smallest absolute Gasteiger partial charge is 0.264 e. The number of hydrogen-bond acceptors (Lipinski definition) is 5. The number of amides is 1. The molecule has 3 aromatic rings. The Labute approximate surface area is 200 Å². The van der Waals surface area contributed by atoms with Gasteiger partial charge in [-0.25, -0.2) is 12.8 Å². The molecule has 0 fully saturated rings. The fourth-order valence-corrected chi connectivity index (χ4v) is 4.65. The number of sulfonamides is 1. The van der Waals surface area contributed by atoms with Crippen LogP contribution in [0, 0.1) is 5.82 Å². The number of rotatable bonds is 8. The van der Waals surface area contributed by atoms with E-state index >= 15 is 0 Å². The zero-order chi connectivity index (χ0) is 24.2. The zero-order valence-corrected chi connectivity index (χ0v) is 19.8. The normalized spacial score (nSPS) is 11.1. The van der Waals surface area contributed by atoms with E-state index in [1.54, 1.807) is 24.3 Å². The molecule has 0 unspecified atom stereocenters. The van der Waals surface area contributed by atoms with Crippen molar-refractivity contribution in [2.24, 2.45) is 0 Å². The molecule has 0 saturated carbocycles. The summed E-state index contributed by atoms with van der Waals surface area (Å²) < 4.78 is 51.9. The third-order valence-corrected chi connectivity index (χ3v) is 6.86. The lowest BCUT2D eigenvalue weighted by atomic mass is 10.3. The predicted molar refractivity (Wildman–Crippen MR) is 126 cm³/mol. The van der Waals surface area contributed by atoms with Crippen LogP contribution in [0.25, 0.3) is 0 Å². The van der Waals surface area contributed by atoms with Crippen molar-refractivity contribution in [2.45, 2.75) is 4.90 Å². The maximum Gasteiger partial charge on any atom is 0.264 e. The van der Waals surface area contributed by atoms with Crippen LogP contribution in [-0.4, -0.2) is 35.1 Å². The molecule has 0 atom stereocenters. The maximum absolute atomic E-state index is 13.7. The van der Waals surface area contributed by atoms with Gasteiger partial charge in [-0.3, -0.25) is 9.10 Å². The minimum Gasteiger partial charge on any atom is -0.493 e. The molecule has 3 rings (SSSR count). The molecule has 0 heterocycles. The number of carbonyl (C=O) groups is 1. The van der Waals surface area contributed by atoms with E-state index in [2.05, 4.69) is 5.32 Å². The van der Waals surface area contributed by atoms with Gasteiger partial charge in [0.1, 0.15) is 12.4 Å². The average Bonchev–Trinajstić information content (AvgIpc) is 2.80. The van der Waals surface area contributed by atoms with Gasteiger partial charge in [0.15, 0.2) is 11.5 Å². The molecular formula is C22H19Cl2FN2O5S. The Morgan fingerprint density at radius 1 is 0.970 bits per heavy atom. The molecule has 0 bridgehead atoms. The number of hydrogen-bond donors (Lipinski definition) is 1. The molecule has 0 aliphatic carbocycles. The van der Waals surface area contributed by atoms with Crippen molar-refractivity contribution in [3.8, 4) is 11.5 Å². The summed E-state index contributed by atoms with van der Waals surface area (Å²) in [6, 6.07) is 13.7. The van der Waals surface area contributed by atoms with Crippen molar-refractivity contribution in [2.75, 3.05) is 30.4 Å². The van der Waals surface area contributed by atoms with E-state index in [0.29, 0.717) is 16.5 Å². The first-order valence-electron chi connectivity index (χ1n) is 9.41. The Morgan fingerprint density at radius 3 is 2.24 bits per heavy atom.